The topological polar surface area (TPSA) is 43.1 Å². The Morgan fingerprint density at radius 3 is 2.57 bits per heavy atom. The molecule has 0 N–H and O–H groups in total. The van der Waals surface area contributed by atoms with E-state index in [-0.39, 0.29) is 12.4 Å². The molecular weight excluding hydrogens is 304 g/mol. The predicted octanol–water partition coefficient (Wildman–Crippen LogP) is 4.10. The van der Waals surface area contributed by atoms with Crippen molar-refractivity contribution in [3.05, 3.63) is 46.7 Å². The Balaban J connectivity index is 0.00000161. The van der Waals surface area contributed by atoms with E-state index < -0.39 is 0 Å². The van der Waals surface area contributed by atoms with Crippen molar-refractivity contribution in [1.82, 2.24) is 19.8 Å². The Hall–Kier alpha value is -1.46. The van der Waals surface area contributed by atoms with Crippen LogP contribution in [0.5, 0.6) is 0 Å². The van der Waals surface area contributed by atoms with Gasteiger partial charge in [-0.05, 0) is 18.4 Å². The predicted molar refractivity (Wildman–Crippen MR) is 88.5 cm³/mol. The van der Waals surface area contributed by atoms with E-state index in [1.54, 1.807) is 11.3 Å². The van der Waals surface area contributed by atoms with Gasteiger partial charge in [-0.1, -0.05) is 55.5 Å². The second kappa shape index (κ2) is 7.00. The van der Waals surface area contributed by atoms with Crippen LogP contribution in [0.15, 0.2) is 30.3 Å². The van der Waals surface area contributed by atoms with Crippen LogP contribution >= 0.6 is 23.7 Å². The molecule has 21 heavy (non-hydrogen) atoms. The average Bonchev–Trinajstić information content (AvgIpc) is 3.04. The monoisotopic (exact) mass is 322 g/mol. The highest BCUT2D eigenvalue weighted by atomic mass is 35.5. The van der Waals surface area contributed by atoms with Crippen molar-refractivity contribution in [2.45, 2.75) is 39.0 Å². The molecule has 0 saturated carbocycles. The number of benzene rings is 1. The van der Waals surface area contributed by atoms with Crippen molar-refractivity contribution >= 4 is 28.7 Å². The Bertz CT molecular complexity index is 692. The number of aryl methyl sites for hydroxylation is 1. The van der Waals surface area contributed by atoms with Crippen LogP contribution in [0.4, 0.5) is 0 Å². The molecule has 1 atom stereocenters. The van der Waals surface area contributed by atoms with Crippen LogP contribution in [0, 0.1) is 0 Å². The molecule has 3 rings (SSSR count). The molecular formula is C15H19ClN4S. The van der Waals surface area contributed by atoms with Gasteiger partial charge in [0, 0.05) is 12.3 Å². The first kappa shape index (κ1) is 15.9. The number of fused-ring (bicyclic) bond motifs is 1. The summed E-state index contributed by atoms with van der Waals surface area (Å²) in [5.74, 6) is 1.31. The highest BCUT2D eigenvalue weighted by Gasteiger charge is 2.19. The van der Waals surface area contributed by atoms with Gasteiger partial charge in [-0.15, -0.1) is 22.6 Å². The standard InChI is InChI=1S/C15H18N4S.ClH/c1-3-8-13-16-17-15-19(13)18-14(20-15)12(4-2)11-9-6-5-7-10-11;/h5-7,9-10,12H,3-4,8H2,1-2H3;1H. The van der Waals surface area contributed by atoms with E-state index in [1.165, 1.54) is 5.56 Å². The molecule has 2 aromatic heterocycles. The van der Waals surface area contributed by atoms with Crippen molar-refractivity contribution in [2.75, 3.05) is 0 Å². The molecule has 2 heterocycles. The summed E-state index contributed by atoms with van der Waals surface area (Å²) in [6.45, 7) is 4.35. The zero-order chi connectivity index (χ0) is 13.9. The minimum atomic E-state index is 0. The van der Waals surface area contributed by atoms with E-state index in [0.29, 0.717) is 5.92 Å². The van der Waals surface area contributed by atoms with Gasteiger partial charge < -0.3 is 0 Å². The first-order chi connectivity index (χ1) is 9.83. The van der Waals surface area contributed by atoms with Crippen LogP contribution in [-0.2, 0) is 6.42 Å². The first-order valence-corrected chi connectivity index (χ1v) is 7.91. The molecule has 0 saturated heterocycles. The van der Waals surface area contributed by atoms with Gasteiger partial charge in [0.05, 0.1) is 0 Å². The minimum Gasteiger partial charge on any atom is -0.187 e. The van der Waals surface area contributed by atoms with Gasteiger partial charge in [-0.2, -0.15) is 9.61 Å². The molecule has 4 nitrogen and oxygen atoms in total. The van der Waals surface area contributed by atoms with Crippen LogP contribution in [0.25, 0.3) is 4.96 Å². The van der Waals surface area contributed by atoms with E-state index >= 15 is 0 Å². The van der Waals surface area contributed by atoms with Gasteiger partial charge >= 0.3 is 0 Å². The summed E-state index contributed by atoms with van der Waals surface area (Å²) in [4.78, 5) is 0.901. The molecule has 0 aliphatic heterocycles. The van der Waals surface area contributed by atoms with Gasteiger partial charge in [0.15, 0.2) is 5.82 Å². The minimum absolute atomic E-state index is 0. The maximum Gasteiger partial charge on any atom is 0.234 e. The quantitative estimate of drug-likeness (QED) is 0.710. The lowest BCUT2D eigenvalue weighted by Gasteiger charge is -2.11. The molecule has 0 aliphatic rings. The maximum absolute atomic E-state index is 4.75. The lowest BCUT2D eigenvalue weighted by molar-refractivity contribution is 0.717. The lowest BCUT2D eigenvalue weighted by atomic mass is 9.97. The molecule has 0 radical (unpaired) electrons. The molecule has 0 aliphatic carbocycles. The summed E-state index contributed by atoms with van der Waals surface area (Å²) in [7, 11) is 0. The van der Waals surface area contributed by atoms with Crippen molar-refractivity contribution in [1.29, 1.82) is 0 Å². The smallest absolute Gasteiger partial charge is 0.187 e. The Labute approximate surface area is 134 Å². The van der Waals surface area contributed by atoms with E-state index in [0.717, 1.165) is 35.1 Å². The Morgan fingerprint density at radius 1 is 1.14 bits per heavy atom. The number of hydrogen-bond donors (Lipinski definition) is 0. The van der Waals surface area contributed by atoms with Crippen LogP contribution in [0.3, 0.4) is 0 Å². The van der Waals surface area contributed by atoms with Crippen LogP contribution in [-0.4, -0.2) is 19.8 Å². The summed E-state index contributed by atoms with van der Waals surface area (Å²) < 4.78 is 1.91. The molecule has 3 aromatic rings. The first-order valence-electron chi connectivity index (χ1n) is 7.09. The summed E-state index contributed by atoms with van der Waals surface area (Å²) >= 11 is 1.65. The third-order valence-corrected chi connectivity index (χ3v) is 4.47. The van der Waals surface area contributed by atoms with Gasteiger partial charge in [0.1, 0.15) is 5.01 Å². The second-order valence-corrected chi connectivity index (χ2v) is 5.86. The van der Waals surface area contributed by atoms with Crippen molar-refractivity contribution in [3.63, 3.8) is 0 Å². The van der Waals surface area contributed by atoms with Crippen molar-refractivity contribution in [2.24, 2.45) is 0 Å². The molecule has 0 bridgehead atoms. The molecule has 112 valence electrons. The number of aromatic nitrogens is 4. The van der Waals surface area contributed by atoms with Crippen LogP contribution < -0.4 is 0 Å². The maximum atomic E-state index is 4.75. The van der Waals surface area contributed by atoms with Crippen LogP contribution in [0.1, 0.15) is 49.0 Å². The van der Waals surface area contributed by atoms with Gasteiger partial charge in [-0.25, -0.2) is 0 Å². The third-order valence-electron chi connectivity index (χ3n) is 3.45. The number of rotatable bonds is 5. The summed E-state index contributed by atoms with van der Waals surface area (Å²) in [6.07, 6.45) is 3.02. The third kappa shape index (κ3) is 3.09. The molecule has 0 amide bonds. The van der Waals surface area contributed by atoms with Gasteiger partial charge in [0.2, 0.25) is 4.96 Å². The van der Waals surface area contributed by atoms with Crippen LogP contribution in [0.2, 0.25) is 0 Å². The van der Waals surface area contributed by atoms with E-state index in [2.05, 4.69) is 48.3 Å². The molecule has 0 spiro atoms. The highest BCUT2D eigenvalue weighted by Crippen LogP contribution is 2.30. The molecule has 1 unspecified atom stereocenters. The second-order valence-electron chi connectivity index (χ2n) is 4.87. The highest BCUT2D eigenvalue weighted by molar-refractivity contribution is 7.16. The molecule has 1 aromatic carbocycles. The molecule has 6 heteroatoms. The zero-order valence-electron chi connectivity index (χ0n) is 12.2. The summed E-state index contributed by atoms with van der Waals surface area (Å²) in [6, 6.07) is 10.6. The lowest BCUT2D eigenvalue weighted by Crippen LogP contribution is -2.02. The van der Waals surface area contributed by atoms with Gasteiger partial charge in [-0.3, -0.25) is 0 Å². The summed E-state index contributed by atoms with van der Waals surface area (Å²) in [5.41, 5.74) is 1.32. The Kier molecular flexibility index (Phi) is 5.31. The normalized spacial score (nSPS) is 12.3. The number of halogens is 1. The van der Waals surface area contributed by atoms with Crippen molar-refractivity contribution < 1.29 is 0 Å². The molecule has 0 fully saturated rings. The Morgan fingerprint density at radius 2 is 1.90 bits per heavy atom. The average molecular weight is 323 g/mol. The van der Waals surface area contributed by atoms with E-state index in [4.69, 9.17) is 5.10 Å². The zero-order valence-corrected chi connectivity index (χ0v) is 13.8. The SMILES string of the molecule is CCCc1nnc2sc(C(CC)c3ccccc3)nn12.Cl. The van der Waals surface area contributed by atoms with Crippen molar-refractivity contribution in [3.8, 4) is 0 Å². The number of nitrogens with zero attached hydrogens (tertiary/aromatic N) is 4. The van der Waals surface area contributed by atoms with Gasteiger partial charge in [0.25, 0.3) is 0 Å². The summed E-state index contributed by atoms with van der Waals surface area (Å²) in [5, 5.41) is 14.3. The fraction of sp³-hybridized carbons (Fsp3) is 0.400. The fourth-order valence-electron chi connectivity index (χ4n) is 2.43. The van der Waals surface area contributed by atoms with E-state index in [9.17, 15) is 0 Å². The largest absolute Gasteiger partial charge is 0.234 e. The number of hydrogen-bond acceptors (Lipinski definition) is 4. The fourth-order valence-corrected chi connectivity index (χ4v) is 3.50. The van der Waals surface area contributed by atoms with E-state index in [1.807, 2.05) is 10.6 Å².